The van der Waals surface area contributed by atoms with Crippen molar-refractivity contribution in [3.8, 4) is 17.1 Å². The van der Waals surface area contributed by atoms with Crippen molar-refractivity contribution in [1.29, 1.82) is 0 Å². The van der Waals surface area contributed by atoms with Gasteiger partial charge in [0.25, 0.3) is 0 Å². The first-order chi connectivity index (χ1) is 14.2. The van der Waals surface area contributed by atoms with Gasteiger partial charge in [-0.3, -0.25) is 9.80 Å². The Morgan fingerprint density at radius 3 is 2.48 bits per heavy atom. The maximum Gasteiger partial charge on any atom is 0.241 e. The molecule has 8 heteroatoms. The van der Waals surface area contributed by atoms with Gasteiger partial charge in [-0.1, -0.05) is 28.9 Å². The quantitative estimate of drug-likeness (QED) is 0.585. The average Bonchev–Trinajstić information content (AvgIpc) is 3.20. The summed E-state index contributed by atoms with van der Waals surface area (Å²) in [4.78, 5) is 9.08. The average molecular weight is 417 g/mol. The number of piperazine rings is 1. The number of aromatic nitrogens is 2. The van der Waals surface area contributed by atoms with Crippen LogP contribution in [0.5, 0.6) is 5.75 Å². The second kappa shape index (κ2) is 9.35. The summed E-state index contributed by atoms with van der Waals surface area (Å²) < 4.78 is 24.5. The van der Waals surface area contributed by atoms with E-state index in [1.807, 2.05) is 24.3 Å². The van der Waals surface area contributed by atoms with E-state index in [9.17, 15) is 4.39 Å². The molecule has 4 rings (SSSR count). The zero-order valence-electron chi connectivity index (χ0n) is 15.9. The minimum absolute atomic E-state index is 0.305. The van der Waals surface area contributed by atoms with Crippen LogP contribution in [0.25, 0.3) is 11.4 Å². The van der Waals surface area contributed by atoms with Crippen LogP contribution in [0.1, 0.15) is 5.89 Å². The van der Waals surface area contributed by atoms with Crippen molar-refractivity contribution in [2.24, 2.45) is 0 Å². The maximum atomic E-state index is 13.6. The molecule has 0 aliphatic carbocycles. The molecular formula is C21H22ClFN4O2. The molecule has 1 aliphatic rings. The number of hydrogen-bond donors (Lipinski definition) is 0. The number of hydrogen-bond acceptors (Lipinski definition) is 6. The van der Waals surface area contributed by atoms with Gasteiger partial charge < -0.3 is 9.26 Å². The Balaban J connectivity index is 1.21. The molecule has 2 aromatic carbocycles. The van der Waals surface area contributed by atoms with Crippen molar-refractivity contribution in [1.82, 2.24) is 19.9 Å². The molecular weight excluding hydrogens is 395 g/mol. The van der Waals surface area contributed by atoms with E-state index in [2.05, 4.69) is 19.9 Å². The first-order valence-corrected chi connectivity index (χ1v) is 9.96. The molecule has 0 N–H and O–H groups in total. The molecule has 2 heterocycles. The van der Waals surface area contributed by atoms with Crippen molar-refractivity contribution in [3.63, 3.8) is 0 Å². The summed E-state index contributed by atoms with van der Waals surface area (Å²) in [6.07, 6.45) is 0. The predicted molar refractivity (Wildman–Crippen MR) is 108 cm³/mol. The third-order valence-electron chi connectivity index (χ3n) is 4.90. The van der Waals surface area contributed by atoms with Crippen molar-refractivity contribution in [3.05, 3.63) is 65.3 Å². The number of nitrogens with zero attached hydrogens (tertiary/aromatic N) is 4. The van der Waals surface area contributed by atoms with Crippen LogP contribution < -0.4 is 4.74 Å². The fourth-order valence-corrected chi connectivity index (χ4v) is 3.37. The molecule has 6 nitrogen and oxygen atoms in total. The summed E-state index contributed by atoms with van der Waals surface area (Å²) in [5.41, 5.74) is 0.879. The Labute approximate surface area is 173 Å². The summed E-state index contributed by atoms with van der Waals surface area (Å²) in [5.74, 6) is 1.15. The van der Waals surface area contributed by atoms with E-state index >= 15 is 0 Å². The lowest BCUT2D eigenvalue weighted by Gasteiger charge is -2.33. The molecule has 0 radical (unpaired) electrons. The van der Waals surface area contributed by atoms with Crippen LogP contribution in [0.15, 0.2) is 53.1 Å². The van der Waals surface area contributed by atoms with Crippen LogP contribution >= 0.6 is 11.6 Å². The molecule has 0 spiro atoms. The highest BCUT2D eigenvalue weighted by Gasteiger charge is 2.19. The monoisotopic (exact) mass is 416 g/mol. The fraction of sp³-hybridized carbons (Fsp3) is 0.333. The number of para-hydroxylation sites is 1. The van der Waals surface area contributed by atoms with Gasteiger partial charge in [-0.2, -0.15) is 4.98 Å². The predicted octanol–water partition coefficient (Wildman–Crippen LogP) is 3.73. The van der Waals surface area contributed by atoms with Gasteiger partial charge in [-0.25, -0.2) is 4.39 Å². The normalized spacial score (nSPS) is 15.5. The Kier molecular flexibility index (Phi) is 6.39. The fourth-order valence-electron chi connectivity index (χ4n) is 3.24. The maximum absolute atomic E-state index is 13.6. The van der Waals surface area contributed by atoms with Gasteiger partial charge in [0.1, 0.15) is 6.61 Å². The van der Waals surface area contributed by atoms with Crippen molar-refractivity contribution >= 4 is 11.6 Å². The number of ether oxygens (including phenoxy) is 1. The standard InChI is InChI=1S/C21H22ClFN4O2/c22-17-7-5-16(6-8-17)21-24-20(29-25-21)15-27-11-9-26(10-12-27)13-14-28-19-4-2-1-3-18(19)23/h1-8H,9-15H2. The van der Waals surface area contributed by atoms with Crippen molar-refractivity contribution in [2.45, 2.75) is 6.54 Å². The zero-order valence-corrected chi connectivity index (χ0v) is 16.7. The SMILES string of the molecule is Fc1ccccc1OCCN1CCN(Cc2nc(-c3ccc(Cl)cc3)no2)CC1. The third kappa shape index (κ3) is 5.32. The van der Waals surface area contributed by atoms with Crippen LogP contribution in [-0.2, 0) is 6.54 Å². The molecule has 29 heavy (non-hydrogen) atoms. The van der Waals surface area contributed by atoms with E-state index in [4.69, 9.17) is 20.9 Å². The molecule has 0 unspecified atom stereocenters. The van der Waals surface area contributed by atoms with Crippen LogP contribution in [0.3, 0.4) is 0 Å². The summed E-state index contributed by atoms with van der Waals surface area (Å²) in [7, 11) is 0. The first-order valence-electron chi connectivity index (χ1n) is 9.58. The third-order valence-corrected chi connectivity index (χ3v) is 5.15. The Hall–Kier alpha value is -2.48. The highest BCUT2D eigenvalue weighted by Crippen LogP contribution is 2.19. The molecule has 1 fully saturated rings. The summed E-state index contributed by atoms with van der Waals surface area (Å²) in [5, 5.41) is 4.74. The van der Waals surface area contributed by atoms with E-state index in [0.717, 1.165) is 38.3 Å². The second-order valence-electron chi connectivity index (χ2n) is 6.92. The number of benzene rings is 2. The van der Waals surface area contributed by atoms with Gasteiger partial charge in [0.15, 0.2) is 11.6 Å². The van der Waals surface area contributed by atoms with Gasteiger partial charge >= 0.3 is 0 Å². The van der Waals surface area contributed by atoms with Gasteiger partial charge in [0.05, 0.1) is 6.54 Å². The van der Waals surface area contributed by atoms with Crippen LogP contribution in [-0.4, -0.2) is 59.3 Å². The largest absolute Gasteiger partial charge is 0.489 e. The van der Waals surface area contributed by atoms with Crippen LogP contribution in [0.2, 0.25) is 5.02 Å². The van der Waals surface area contributed by atoms with Gasteiger partial charge in [-0.05, 0) is 36.4 Å². The molecule has 0 saturated carbocycles. The van der Waals surface area contributed by atoms with Crippen molar-refractivity contribution < 1.29 is 13.7 Å². The van der Waals surface area contributed by atoms with Crippen molar-refractivity contribution in [2.75, 3.05) is 39.3 Å². The van der Waals surface area contributed by atoms with E-state index in [1.165, 1.54) is 6.07 Å². The van der Waals surface area contributed by atoms with Gasteiger partial charge in [-0.15, -0.1) is 0 Å². The van der Waals surface area contributed by atoms with E-state index < -0.39 is 0 Å². The summed E-state index contributed by atoms with van der Waals surface area (Å²) in [6, 6.07) is 13.8. The summed E-state index contributed by atoms with van der Waals surface area (Å²) in [6.45, 7) is 5.49. The van der Waals surface area contributed by atoms with Gasteiger partial charge in [0, 0.05) is 43.3 Å². The second-order valence-corrected chi connectivity index (χ2v) is 7.35. The Morgan fingerprint density at radius 1 is 1.00 bits per heavy atom. The minimum Gasteiger partial charge on any atom is -0.489 e. The van der Waals surface area contributed by atoms with E-state index in [0.29, 0.717) is 35.6 Å². The molecule has 0 amide bonds. The van der Waals surface area contributed by atoms with Gasteiger partial charge in [0.2, 0.25) is 11.7 Å². The lowest BCUT2D eigenvalue weighted by atomic mass is 10.2. The zero-order chi connectivity index (χ0) is 20.1. The molecule has 152 valence electrons. The Morgan fingerprint density at radius 2 is 1.72 bits per heavy atom. The lowest BCUT2D eigenvalue weighted by Crippen LogP contribution is -2.47. The first kappa shape index (κ1) is 19.8. The molecule has 0 atom stereocenters. The molecule has 1 aliphatic heterocycles. The highest BCUT2D eigenvalue weighted by atomic mass is 35.5. The molecule has 3 aromatic rings. The minimum atomic E-state index is -0.324. The van der Waals surface area contributed by atoms with Crippen LogP contribution in [0.4, 0.5) is 4.39 Å². The topological polar surface area (TPSA) is 54.6 Å². The number of rotatable bonds is 7. The number of halogens is 2. The molecule has 1 aromatic heterocycles. The van der Waals surface area contributed by atoms with E-state index in [-0.39, 0.29) is 5.82 Å². The Bertz CT molecular complexity index is 926. The van der Waals surface area contributed by atoms with Crippen LogP contribution in [0, 0.1) is 5.82 Å². The lowest BCUT2D eigenvalue weighted by molar-refractivity contribution is 0.104. The molecule has 1 saturated heterocycles. The smallest absolute Gasteiger partial charge is 0.241 e. The summed E-state index contributed by atoms with van der Waals surface area (Å²) >= 11 is 5.92. The molecule has 0 bridgehead atoms. The van der Waals surface area contributed by atoms with E-state index in [1.54, 1.807) is 18.2 Å². The highest BCUT2D eigenvalue weighted by molar-refractivity contribution is 6.30.